The number of carboxylic acids is 1. The van der Waals surface area contributed by atoms with Crippen molar-refractivity contribution < 1.29 is 9.90 Å². The minimum Gasteiger partial charge on any atom is -0.478 e. The Morgan fingerprint density at radius 1 is 1.19 bits per heavy atom. The van der Waals surface area contributed by atoms with E-state index in [1.807, 2.05) is 37.3 Å². The molecule has 1 heterocycles. The van der Waals surface area contributed by atoms with Crippen molar-refractivity contribution in [1.29, 1.82) is 0 Å². The summed E-state index contributed by atoms with van der Waals surface area (Å²) in [4.78, 5) is 13.5. The van der Waals surface area contributed by atoms with Crippen LogP contribution >= 0.6 is 11.3 Å². The largest absolute Gasteiger partial charge is 0.478 e. The van der Waals surface area contributed by atoms with E-state index in [2.05, 4.69) is 26.8 Å². The molecule has 1 aromatic heterocycles. The van der Waals surface area contributed by atoms with E-state index in [9.17, 15) is 4.79 Å². The van der Waals surface area contributed by atoms with Crippen LogP contribution in [-0.2, 0) is 6.42 Å². The normalized spacial score (nSPS) is 10.2. The van der Waals surface area contributed by atoms with Gasteiger partial charge in [0, 0.05) is 9.75 Å². The maximum atomic E-state index is 10.9. The van der Waals surface area contributed by atoms with E-state index < -0.39 is 5.97 Å². The number of thiophene rings is 1. The molecule has 0 amide bonds. The minimum atomic E-state index is -0.879. The number of hydrogen-bond donors (Lipinski definition) is 1. The van der Waals surface area contributed by atoms with Crippen LogP contribution < -0.4 is 0 Å². The second-order valence-electron chi connectivity index (χ2n) is 4.89. The van der Waals surface area contributed by atoms with E-state index in [1.54, 1.807) is 12.1 Å². The highest BCUT2D eigenvalue weighted by Gasteiger charge is 2.13. The first kappa shape index (κ1) is 17.4. The Bertz CT molecular complexity index is 580. The van der Waals surface area contributed by atoms with Crippen molar-refractivity contribution in [2.45, 2.75) is 47.0 Å². The molecule has 0 saturated heterocycles. The van der Waals surface area contributed by atoms with E-state index in [0.717, 1.165) is 12.0 Å². The van der Waals surface area contributed by atoms with Gasteiger partial charge >= 0.3 is 5.97 Å². The molecule has 2 rings (SSSR count). The summed E-state index contributed by atoms with van der Waals surface area (Å²) in [6, 6.07) is 9.43. The molecule has 1 N–H and O–H groups in total. The molecule has 0 radical (unpaired) electrons. The Labute approximate surface area is 131 Å². The third-order valence-corrected chi connectivity index (χ3v) is 4.52. The van der Waals surface area contributed by atoms with Crippen LogP contribution in [0, 0.1) is 0 Å². The van der Waals surface area contributed by atoms with Gasteiger partial charge in [-0.25, -0.2) is 4.79 Å². The molecule has 0 saturated carbocycles. The molecule has 114 valence electrons. The van der Waals surface area contributed by atoms with E-state index in [4.69, 9.17) is 5.11 Å². The van der Waals surface area contributed by atoms with Crippen molar-refractivity contribution in [3.05, 3.63) is 46.3 Å². The fourth-order valence-corrected chi connectivity index (χ4v) is 3.31. The average molecular weight is 304 g/mol. The Kier molecular flexibility index (Phi) is 6.63. The summed E-state index contributed by atoms with van der Waals surface area (Å²) < 4.78 is 0. The quantitative estimate of drug-likeness (QED) is 0.772. The van der Waals surface area contributed by atoms with Crippen molar-refractivity contribution in [3.63, 3.8) is 0 Å². The Morgan fingerprint density at radius 3 is 2.19 bits per heavy atom. The van der Waals surface area contributed by atoms with Gasteiger partial charge in [-0.3, -0.25) is 0 Å². The second-order valence-corrected chi connectivity index (χ2v) is 6.02. The molecule has 0 unspecified atom stereocenters. The summed E-state index contributed by atoms with van der Waals surface area (Å²) in [7, 11) is 0. The van der Waals surface area contributed by atoms with Crippen LogP contribution in [0.3, 0.4) is 0 Å². The lowest BCUT2D eigenvalue weighted by molar-refractivity contribution is 0.0697. The molecule has 0 spiro atoms. The zero-order chi connectivity index (χ0) is 16.0. The standard InChI is InChI=1S/C16H18O2S.C2H6/c1-4-13-9-14(10(2)3)15(19-13)11-5-7-12(8-6-11)16(17)18;1-2/h5-10H,4H2,1-3H3,(H,17,18);1-2H3. The van der Waals surface area contributed by atoms with Crippen LogP contribution in [0.15, 0.2) is 30.3 Å². The van der Waals surface area contributed by atoms with E-state index >= 15 is 0 Å². The van der Waals surface area contributed by atoms with Gasteiger partial charge in [-0.1, -0.05) is 46.8 Å². The van der Waals surface area contributed by atoms with Crippen LogP contribution in [0.25, 0.3) is 10.4 Å². The number of carboxylic acid groups (broad SMARTS) is 1. The molecular formula is C18H24O2S. The predicted molar refractivity (Wildman–Crippen MR) is 91.5 cm³/mol. The number of benzene rings is 1. The molecule has 0 aliphatic carbocycles. The van der Waals surface area contributed by atoms with Gasteiger partial charge in [0.05, 0.1) is 5.56 Å². The summed E-state index contributed by atoms with van der Waals surface area (Å²) >= 11 is 1.81. The van der Waals surface area contributed by atoms with Crippen LogP contribution in [0.1, 0.15) is 61.3 Å². The Morgan fingerprint density at radius 2 is 1.76 bits per heavy atom. The molecule has 21 heavy (non-hydrogen) atoms. The summed E-state index contributed by atoms with van der Waals surface area (Å²) in [6.07, 6.45) is 1.04. The molecule has 0 atom stereocenters. The lowest BCUT2D eigenvalue weighted by Crippen LogP contribution is -1.95. The molecular weight excluding hydrogens is 280 g/mol. The molecule has 0 fully saturated rings. The zero-order valence-corrected chi connectivity index (χ0v) is 14.3. The van der Waals surface area contributed by atoms with Crippen molar-refractivity contribution in [3.8, 4) is 10.4 Å². The topological polar surface area (TPSA) is 37.3 Å². The van der Waals surface area contributed by atoms with Gasteiger partial charge < -0.3 is 5.11 Å². The third-order valence-electron chi connectivity index (χ3n) is 3.18. The van der Waals surface area contributed by atoms with Crippen molar-refractivity contribution in [2.24, 2.45) is 0 Å². The van der Waals surface area contributed by atoms with Crippen molar-refractivity contribution >= 4 is 17.3 Å². The van der Waals surface area contributed by atoms with Crippen LogP contribution in [-0.4, -0.2) is 11.1 Å². The number of rotatable bonds is 4. The maximum absolute atomic E-state index is 10.9. The first-order valence-corrected chi connectivity index (χ1v) is 8.31. The molecule has 0 bridgehead atoms. The van der Waals surface area contributed by atoms with Gasteiger partial charge in [-0.2, -0.15) is 0 Å². The molecule has 0 aliphatic heterocycles. The van der Waals surface area contributed by atoms with Crippen molar-refractivity contribution in [2.75, 3.05) is 0 Å². The van der Waals surface area contributed by atoms with Crippen molar-refractivity contribution in [1.82, 2.24) is 0 Å². The molecule has 3 heteroatoms. The number of aryl methyl sites for hydroxylation is 1. The smallest absolute Gasteiger partial charge is 0.335 e. The highest BCUT2D eigenvalue weighted by molar-refractivity contribution is 7.15. The number of hydrogen-bond acceptors (Lipinski definition) is 2. The third kappa shape index (κ3) is 4.18. The summed E-state index contributed by atoms with van der Waals surface area (Å²) in [6.45, 7) is 10.5. The van der Waals surface area contributed by atoms with Crippen LogP contribution in [0.4, 0.5) is 0 Å². The fraction of sp³-hybridized carbons (Fsp3) is 0.389. The minimum absolute atomic E-state index is 0.335. The van der Waals surface area contributed by atoms with Gasteiger partial charge in [0.25, 0.3) is 0 Å². The van der Waals surface area contributed by atoms with Gasteiger partial charge in [0.2, 0.25) is 0 Å². The second kappa shape index (κ2) is 7.99. The highest BCUT2D eigenvalue weighted by atomic mass is 32.1. The number of aromatic carboxylic acids is 1. The fourth-order valence-electron chi connectivity index (χ4n) is 2.05. The molecule has 1 aromatic carbocycles. The van der Waals surface area contributed by atoms with Crippen LogP contribution in [0.2, 0.25) is 0 Å². The summed E-state index contributed by atoms with van der Waals surface area (Å²) in [5, 5.41) is 8.93. The van der Waals surface area contributed by atoms with E-state index in [1.165, 1.54) is 15.3 Å². The Balaban J connectivity index is 0.00000106. The molecule has 0 aliphatic rings. The highest BCUT2D eigenvalue weighted by Crippen LogP contribution is 2.37. The summed E-state index contributed by atoms with van der Waals surface area (Å²) in [5.74, 6) is -0.401. The van der Waals surface area contributed by atoms with E-state index in [-0.39, 0.29) is 0 Å². The lowest BCUT2D eigenvalue weighted by atomic mass is 9.99. The predicted octanol–water partition coefficient (Wildman–Crippen LogP) is 5.83. The van der Waals surface area contributed by atoms with E-state index in [0.29, 0.717) is 11.5 Å². The van der Waals surface area contributed by atoms with Gasteiger partial charge in [0.15, 0.2) is 0 Å². The average Bonchev–Trinajstić information content (AvgIpc) is 2.94. The lowest BCUT2D eigenvalue weighted by Gasteiger charge is -2.07. The van der Waals surface area contributed by atoms with Gasteiger partial charge in [-0.15, -0.1) is 11.3 Å². The van der Waals surface area contributed by atoms with Gasteiger partial charge in [-0.05, 0) is 41.7 Å². The number of carbonyl (C=O) groups is 1. The van der Waals surface area contributed by atoms with Crippen LogP contribution in [0.5, 0.6) is 0 Å². The van der Waals surface area contributed by atoms with Gasteiger partial charge in [0.1, 0.15) is 0 Å². The Hall–Kier alpha value is -1.61. The summed E-state index contributed by atoms with van der Waals surface area (Å²) in [5.41, 5.74) is 2.80. The first-order chi connectivity index (χ1) is 10.0. The zero-order valence-electron chi connectivity index (χ0n) is 13.4. The molecule has 2 nitrogen and oxygen atoms in total. The SMILES string of the molecule is CC.CCc1cc(C(C)C)c(-c2ccc(C(=O)O)cc2)s1. The molecule has 2 aromatic rings. The first-order valence-electron chi connectivity index (χ1n) is 7.49. The monoisotopic (exact) mass is 304 g/mol. The maximum Gasteiger partial charge on any atom is 0.335 e.